The highest BCUT2D eigenvalue weighted by atomic mass is 32.2. The number of aryl methyl sites for hydroxylation is 4. The number of carbonyl (C=O) groups excluding carboxylic acids is 1. The second-order valence-corrected chi connectivity index (χ2v) is 9.60. The van der Waals surface area contributed by atoms with Crippen LogP contribution in [0.4, 0.5) is 5.13 Å². The summed E-state index contributed by atoms with van der Waals surface area (Å²) in [6, 6.07) is 16.6. The van der Waals surface area contributed by atoms with Crippen molar-refractivity contribution in [2.45, 2.75) is 45.3 Å². The van der Waals surface area contributed by atoms with Crippen LogP contribution in [0.5, 0.6) is 0 Å². The molecule has 33 heavy (non-hydrogen) atoms. The van der Waals surface area contributed by atoms with Gasteiger partial charge < -0.3 is 9.88 Å². The summed E-state index contributed by atoms with van der Waals surface area (Å²) in [5, 5.41) is 14.9. The lowest BCUT2D eigenvalue weighted by atomic mass is 10.1. The molecular formula is C25H27N5OS2. The van der Waals surface area contributed by atoms with E-state index in [-0.39, 0.29) is 11.7 Å². The molecule has 6 nitrogen and oxygen atoms in total. The van der Waals surface area contributed by atoms with Crippen molar-refractivity contribution in [2.24, 2.45) is 0 Å². The Hall–Kier alpha value is -2.97. The second kappa shape index (κ2) is 10.8. The summed E-state index contributed by atoms with van der Waals surface area (Å²) in [6.45, 7) is 7.03. The molecule has 4 rings (SSSR count). The van der Waals surface area contributed by atoms with Crippen LogP contribution in [0.2, 0.25) is 0 Å². The summed E-state index contributed by atoms with van der Waals surface area (Å²) < 4.78 is 2.09. The van der Waals surface area contributed by atoms with Crippen LogP contribution >= 0.6 is 23.1 Å². The molecule has 0 bridgehead atoms. The molecule has 1 N–H and O–H groups in total. The molecule has 2 aromatic heterocycles. The van der Waals surface area contributed by atoms with Gasteiger partial charge in [-0.25, -0.2) is 4.98 Å². The van der Waals surface area contributed by atoms with E-state index in [2.05, 4.69) is 76.2 Å². The fraction of sp³-hybridized carbons (Fsp3) is 0.280. The monoisotopic (exact) mass is 477 g/mol. The molecule has 4 aromatic rings. The Bertz CT molecular complexity index is 1230. The van der Waals surface area contributed by atoms with Gasteiger partial charge in [-0.3, -0.25) is 4.79 Å². The highest BCUT2D eigenvalue weighted by molar-refractivity contribution is 7.99. The number of rotatable bonds is 9. The first-order valence-corrected chi connectivity index (χ1v) is 12.8. The SMILES string of the molecule is CCn1c(CCc2ccccc2)nnc1SCC(=O)Nc1nc(-c2ccc(C)c(C)c2)cs1. The van der Waals surface area contributed by atoms with Gasteiger partial charge in [-0.2, -0.15) is 0 Å². The number of hydrogen-bond acceptors (Lipinski definition) is 6. The lowest BCUT2D eigenvalue weighted by Gasteiger charge is -2.07. The quantitative estimate of drug-likeness (QED) is 0.320. The lowest BCUT2D eigenvalue weighted by molar-refractivity contribution is -0.113. The summed E-state index contributed by atoms with van der Waals surface area (Å²) in [5.74, 6) is 1.11. The molecule has 170 valence electrons. The maximum atomic E-state index is 12.5. The highest BCUT2D eigenvalue weighted by Gasteiger charge is 2.14. The van der Waals surface area contributed by atoms with Crippen LogP contribution in [-0.4, -0.2) is 31.4 Å². The second-order valence-electron chi connectivity index (χ2n) is 7.80. The number of thiazole rings is 1. The minimum atomic E-state index is -0.0996. The first-order valence-electron chi connectivity index (χ1n) is 10.9. The number of anilines is 1. The smallest absolute Gasteiger partial charge is 0.236 e. The molecule has 2 aromatic carbocycles. The number of benzene rings is 2. The zero-order valence-electron chi connectivity index (χ0n) is 19.0. The Labute approximate surface area is 202 Å². The summed E-state index contributed by atoms with van der Waals surface area (Å²) in [5.41, 5.74) is 5.69. The fourth-order valence-corrected chi connectivity index (χ4v) is 5.04. The van der Waals surface area contributed by atoms with Crippen LogP contribution < -0.4 is 5.32 Å². The molecule has 0 unspecified atom stereocenters. The van der Waals surface area contributed by atoms with Crippen LogP contribution in [-0.2, 0) is 24.2 Å². The molecule has 0 saturated heterocycles. The van der Waals surface area contributed by atoms with Gasteiger partial charge in [0.1, 0.15) is 5.82 Å². The van der Waals surface area contributed by atoms with Crippen LogP contribution in [0.25, 0.3) is 11.3 Å². The number of nitrogens with one attached hydrogen (secondary N) is 1. The summed E-state index contributed by atoms with van der Waals surface area (Å²) in [6.07, 6.45) is 1.73. The zero-order chi connectivity index (χ0) is 23.2. The van der Waals surface area contributed by atoms with E-state index in [1.807, 2.05) is 23.6 Å². The predicted molar refractivity (Wildman–Crippen MR) is 136 cm³/mol. The largest absolute Gasteiger partial charge is 0.306 e. The van der Waals surface area contributed by atoms with Gasteiger partial charge in [0.15, 0.2) is 10.3 Å². The van der Waals surface area contributed by atoms with E-state index in [9.17, 15) is 4.79 Å². The minimum Gasteiger partial charge on any atom is -0.306 e. The van der Waals surface area contributed by atoms with Gasteiger partial charge >= 0.3 is 0 Å². The van der Waals surface area contributed by atoms with Crippen molar-refractivity contribution in [1.29, 1.82) is 0 Å². The van der Waals surface area contributed by atoms with Gasteiger partial charge in [0.2, 0.25) is 5.91 Å². The first kappa shape index (κ1) is 23.2. The summed E-state index contributed by atoms with van der Waals surface area (Å²) in [4.78, 5) is 17.1. The Morgan fingerprint density at radius 2 is 1.88 bits per heavy atom. The molecule has 0 radical (unpaired) electrons. The van der Waals surface area contributed by atoms with E-state index in [1.54, 1.807) is 0 Å². The van der Waals surface area contributed by atoms with Crippen LogP contribution in [0, 0.1) is 13.8 Å². The molecule has 2 heterocycles. The van der Waals surface area contributed by atoms with Crippen LogP contribution in [0.3, 0.4) is 0 Å². The normalized spacial score (nSPS) is 11.0. The molecule has 0 aliphatic rings. The number of aromatic nitrogens is 4. The van der Waals surface area contributed by atoms with Crippen molar-refractivity contribution in [2.75, 3.05) is 11.1 Å². The summed E-state index contributed by atoms with van der Waals surface area (Å²) >= 11 is 2.84. The van der Waals surface area contributed by atoms with Crippen molar-refractivity contribution < 1.29 is 4.79 Å². The van der Waals surface area contributed by atoms with E-state index in [1.165, 1.54) is 39.8 Å². The zero-order valence-corrected chi connectivity index (χ0v) is 20.7. The highest BCUT2D eigenvalue weighted by Crippen LogP contribution is 2.27. The third kappa shape index (κ3) is 5.89. The van der Waals surface area contributed by atoms with Gasteiger partial charge in [-0.05, 0) is 49.9 Å². The van der Waals surface area contributed by atoms with E-state index in [0.29, 0.717) is 5.13 Å². The predicted octanol–water partition coefficient (Wildman–Crippen LogP) is 5.55. The Morgan fingerprint density at radius 3 is 2.64 bits per heavy atom. The number of amides is 1. The first-order chi connectivity index (χ1) is 16.0. The molecule has 0 aliphatic heterocycles. The Morgan fingerprint density at radius 1 is 1.06 bits per heavy atom. The number of thioether (sulfide) groups is 1. The van der Waals surface area contributed by atoms with Crippen LogP contribution in [0.15, 0.2) is 59.1 Å². The van der Waals surface area contributed by atoms with Crippen molar-refractivity contribution >= 4 is 34.1 Å². The average molecular weight is 478 g/mol. The van der Waals surface area contributed by atoms with Crippen molar-refractivity contribution in [3.05, 3.63) is 76.4 Å². The van der Waals surface area contributed by atoms with Gasteiger partial charge in [0.05, 0.1) is 11.4 Å². The third-order valence-electron chi connectivity index (χ3n) is 5.48. The topological polar surface area (TPSA) is 72.7 Å². The van der Waals surface area contributed by atoms with Gasteiger partial charge in [-0.15, -0.1) is 21.5 Å². The summed E-state index contributed by atoms with van der Waals surface area (Å²) in [7, 11) is 0. The van der Waals surface area contributed by atoms with E-state index < -0.39 is 0 Å². The number of nitrogens with zero attached hydrogens (tertiary/aromatic N) is 4. The van der Waals surface area contributed by atoms with E-state index in [4.69, 9.17) is 0 Å². The van der Waals surface area contributed by atoms with Crippen molar-refractivity contribution in [3.8, 4) is 11.3 Å². The fourth-order valence-electron chi connectivity index (χ4n) is 3.48. The van der Waals surface area contributed by atoms with E-state index in [0.717, 1.165) is 41.6 Å². The molecule has 1 amide bonds. The maximum Gasteiger partial charge on any atom is 0.236 e. The third-order valence-corrected chi connectivity index (χ3v) is 7.20. The van der Waals surface area contributed by atoms with Crippen molar-refractivity contribution in [1.82, 2.24) is 19.7 Å². The number of hydrogen-bond donors (Lipinski definition) is 1. The van der Waals surface area contributed by atoms with Crippen molar-refractivity contribution in [3.63, 3.8) is 0 Å². The maximum absolute atomic E-state index is 12.5. The standard InChI is InChI=1S/C25H27N5OS2/c1-4-30-22(13-11-19-8-6-5-7-9-19)28-29-25(30)33-16-23(31)27-24-26-21(15-32-24)20-12-10-17(2)18(3)14-20/h5-10,12,14-15H,4,11,13,16H2,1-3H3,(H,26,27,31). The average Bonchev–Trinajstić information content (AvgIpc) is 3.45. The molecule has 0 fully saturated rings. The van der Waals surface area contributed by atoms with Gasteiger partial charge in [-0.1, -0.05) is 54.2 Å². The molecule has 0 aliphatic carbocycles. The molecule has 0 spiro atoms. The van der Waals surface area contributed by atoms with Crippen LogP contribution in [0.1, 0.15) is 29.4 Å². The molecular weight excluding hydrogens is 450 g/mol. The Balaban J connectivity index is 1.33. The molecule has 8 heteroatoms. The number of carbonyl (C=O) groups is 1. The van der Waals surface area contributed by atoms with E-state index >= 15 is 0 Å². The molecule has 0 saturated carbocycles. The lowest BCUT2D eigenvalue weighted by Crippen LogP contribution is -2.14. The molecule has 0 atom stereocenters. The van der Waals surface area contributed by atoms with Gasteiger partial charge in [0, 0.05) is 23.9 Å². The van der Waals surface area contributed by atoms with Gasteiger partial charge in [0.25, 0.3) is 0 Å². The Kier molecular flexibility index (Phi) is 7.57. The minimum absolute atomic E-state index is 0.0996.